The summed E-state index contributed by atoms with van der Waals surface area (Å²) in [6.45, 7) is 4.92. The van der Waals surface area contributed by atoms with Crippen molar-refractivity contribution in [1.29, 1.82) is 0 Å². The second kappa shape index (κ2) is 9.22. The minimum Gasteiger partial charge on any atom is -0.379 e. The molecule has 2 heterocycles. The number of amides is 2. The number of hydrogen-bond donors (Lipinski definition) is 1. The summed E-state index contributed by atoms with van der Waals surface area (Å²) in [6.07, 6.45) is 0. The van der Waals surface area contributed by atoms with E-state index in [0.717, 1.165) is 16.0 Å². The predicted octanol–water partition coefficient (Wildman–Crippen LogP) is 2.40. The predicted molar refractivity (Wildman–Crippen MR) is 124 cm³/mol. The Labute approximate surface area is 192 Å². The van der Waals surface area contributed by atoms with Crippen LogP contribution in [0.3, 0.4) is 0 Å². The molecule has 0 saturated carbocycles. The van der Waals surface area contributed by atoms with Gasteiger partial charge in [0.15, 0.2) is 0 Å². The molecule has 1 saturated heterocycles. The number of thioether (sulfide) groups is 1. The maximum absolute atomic E-state index is 13.1. The smallest absolute Gasteiger partial charge is 0.244 e. The van der Waals surface area contributed by atoms with Crippen molar-refractivity contribution >= 4 is 45.0 Å². The first-order chi connectivity index (χ1) is 15.3. The molecule has 1 N–H and O–H groups in total. The van der Waals surface area contributed by atoms with E-state index in [1.807, 2.05) is 32.0 Å². The van der Waals surface area contributed by atoms with Crippen molar-refractivity contribution in [2.45, 2.75) is 23.6 Å². The zero-order chi connectivity index (χ0) is 22.9. The number of sulfonamides is 1. The maximum atomic E-state index is 13.1. The average molecular weight is 476 g/mol. The average Bonchev–Trinajstić information content (AvgIpc) is 2.78. The summed E-state index contributed by atoms with van der Waals surface area (Å²) in [5.41, 5.74) is 3.07. The minimum atomic E-state index is -3.72. The highest BCUT2D eigenvalue weighted by molar-refractivity contribution is 8.00. The number of anilines is 2. The van der Waals surface area contributed by atoms with Gasteiger partial charge in [-0.05, 0) is 49.2 Å². The van der Waals surface area contributed by atoms with Crippen LogP contribution in [0, 0.1) is 13.8 Å². The molecular weight excluding hydrogens is 450 g/mol. The topological polar surface area (TPSA) is 96.0 Å². The Morgan fingerprint density at radius 2 is 1.88 bits per heavy atom. The van der Waals surface area contributed by atoms with Crippen LogP contribution in [0.5, 0.6) is 0 Å². The molecule has 2 aromatic rings. The summed E-state index contributed by atoms with van der Waals surface area (Å²) in [5, 5.41) is 2.87. The highest BCUT2D eigenvalue weighted by atomic mass is 32.2. The van der Waals surface area contributed by atoms with Gasteiger partial charge in [-0.3, -0.25) is 9.59 Å². The minimum absolute atomic E-state index is 0.105. The number of ether oxygens (including phenoxy) is 1. The molecule has 4 rings (SSSR count). The van der Waals surface area contributed by atoms with E-state index in [4.69, 9.17) is 4.74 Å². The molecule has 0 aromatic heterocycles. The Morgan fingerprint density at radius 1 is 1.12 bits per heavy atom. The Balaban J connectivity index is 1.59. The van der Waals surface area contributed by atoms with E-state index in [-0.39, 0.29) is 42.1 Å². The number of rotatable bonds is 5. The van der Waals surface area contributed by atoms with E-state index >= 15 is 0 Å². The van der Waals surface area contributed by atoms with Gasteiger partial charge in [0.25, 0.3) is 0 Å². The number of fused-ring (bicyclic) bond motifs is 1. The van der Waals surface area contributed by atoms with Crippen molar-refractivity contribution < 1.29 is 22.7 Å². The maximum Gasteiger partial charge on any atom is 0.244 e. The number of carbonyl (C=O) groups is 2. The van der Waals surface area contributed by atoms with Crippen LogP contribution >= 0.6 is 11.8 Å². The molecule has 0 radical (unpaired) electrons. The van der Waals surface area contributed by atoms with Gasteiger partial charge in [-0.2, -0.15) is 4.31 Å². The lowest BCUT2D eigenvalue weighted by atomic mass is 10.1. The third kappa shape index (κ3) is 4.68. The van der Waals surface area contributed by atoms with Crippen molar-refractivity contribution in [3.05, 3.63) is 47.5 Å². The summed E-state index contributed by atoms with van der Waals surface area (Å²) >= 11 is 1.34. The van der Waals surface area contributed by atoms with Crippen molar-refractivity contribution in [3.63, 3.8) is 0 Å². The molecule has 0 atom stereocenters. The SMILES string of the molecule is Cc1ccc(C)c(NC(=O)CN2C(=O)CSc3ccc(S(=O)(=O)N4CCOCC4)cc32)c1. The largest absolute Gasteiger partial charge is 0.379 e. The standard InChI is InChI=1S/C22H25N3O5S2/c1-15-3-4-16(2)18(11-15)23-21(26)13-25-19-12-17(5-6-20(19)31-14-22(25)27)32(28,29)24-7-9-30-10-8-24/h3-6,11-12H,7-10,13-14H2,1-2H3,(H,23,26). The van der Waals surface area contributed by atoms with Crippen LogP contribution in [0.25, 0.3) is 0 Å². The Morgan fingerprint density at radius 3 is 2.62 bits per heavy atom. The summed E-state index contributed by atoms with van der Waals surface area (Å²) in [4.78, 5) is 27.7. The Hall–Kier alpha value is -2.40. The third-order valence-corrected chi connectivity index (χ3v) is 8.39. The molecule has 0 aliphatic carbocycles. The number of aryl methyl sites for hydroxylation is 2. The Bertz CT molecular complexity index is 1160. The Kier molecular flexibility index (Phi) is 6.57. The fourth-order valence-corrected chi connectivity index (χ4v) is 6.00. The zero-order valence-electron chi connectivity index (χ0n) is 18.0. The molecule has 2 aliphatic rings. The van der Waals surface area contributed by atoms with Gasteiger partial charge in [0.05, 0.1) is 29.5 Å². The van der Waals surface area contributed by atoms with Crippen LogP contribution in [-0.2, 0) is 24.3 Å². The molecule has 8 nitrogen and oxygen atoms in total. The van der Waals surface area contributed by atoms with Gasteiger partial charge in [-0.1, -0.05) is 12.1 Å². The quantitative estimate of drug-likeness (QED) is 0.714. The first kappa shape index (κ1) is 22.8. The molecule has 0 unspecified atom stereocenters. The molecule has 0 bridgehead atoms. The van der Waals surface area contributed by atoms with Gasteiger partial charge in [0, 0.05) is 23.7 Å². The molecule has 0 spiro atoms. The van der Waals surface area contributed by atoms with Crippen LogP contribution in [-0.4, -0.2) is 63.1 Å². The zero-order valence-corrected chi connectivity index (χ0v) is 19.6. The highest BCUT2D eigenvalue weighted by Crippen LogP contribution is 2.37. The third-order valence-electron chi connectivity index (χ3n) is 5.45. The fourth-order valence-electron chi connectivity index (χ4n) is 3.66. The van der Waals surface area contributed by atoms with Crippen molar-refractivity contribution in [2.24, 2.45) is 0 Å². The number of hydrogen-bond acceptors (Lipinski definition) is 6. The number of nitrogens with one attached hydrogen (secondary N) is 1. The van der Waals surface area contributed by atoms with E-state index in [9.17, 15) is 18.0 Å². The van der Waals surface area contributed by atoms with Crippen LogP contribution < -0.4 is 10.2 Å². The number of carbonyl (C=O) groups excluding carboxylic acids is 2. The summed E-state index contributed by atoms with van der Waals surface area (Å²) in [6, 6.07) is 10.5. The van der Waals surface area contributed by atoms with Gasteiger partial charge in [0.2, 0.25) is 21.8 Å². The van der Waals surface area contributed by atoms with E-state index in [1.165, 1.54) is 27.0 Å². The lowest BCUT2D eigenvalue weighted by Crippen LogP contribution is -2.42. The van der Waals surface area contributed by atoms with Crippen LogP contribution in [0.4, 0.5) is 11.4 Å². The van der Waals surface area contributed by atoms with Gasteiger partial charge in [-0.15, -0.1) is 11.8 Å². The summed E-state index contributed by atoms with van der Waals surface area (Å²) < 4.78 is 32.8. The first-order valence-electron chi connectivity index (χ1n) is 10.3. The second-order valence-electron chi connectivity index (χ2n) is 7.78. The molecular formula is C22H25N3O5S2. The summed E-state index contributed by atoms with van der Waals surface area (Å²) in [7, 11) is -3.72. The van der Waals surface area contributed by atoms with Crippen LogP contribution in [0.1, 0.15) is 11.1 Å². The van der Waals surface area contributed by atoms with Crippen molar-refractivity contribution in [2.75, 3.05) is 48.8 Å². The number of nitrogens with zero attached hydrogens (tertiary/aromatic N) is 2. The van der Waals surface area contributed by atoms with E-state index in [2.05, 4.69) is 5.32 Å². The molecule has 1 fully saturated rings. The van der Waals surface area contributed by atoms with Crippen LogP contribution in [0.15, 0.2) is 46.2 Å². The lowest BCUT2D eigenvalue weighted by Gasteiger charge is -2.30. The monoisotopic (exact) mass is 475 g/mol. The van der Waals surface area contributed by atoms with Gasteiger partial charge < -0.3 is 15.0 Å². The summed E-state index contributed by atoms with van der Waals surface area (Å²) in [5.74, 6) is -0.384. The molecule has 170 valence electrons. The lowest BCUT2D eigenvalue weighted by molar-refractivity contribution is -0.120. The number of morpholine rings is 1. The van der Waals surface area contributed by atoms with Gasteiger partial charge >= 0.3 is 0 Å². The highest BCUT2D eigenvalue weighted by Gasteiger charge is 2.31. The van der Waals surface area contributed by atoms with E-state index in [1.54, 1.807) is 12.1 Å². The fraction of sp³-hybridized carbons (Fsp3) is 0.364. The van der Waals surface area contributed by atoms with Crippen LogP contribution in [0.2, 0.25) is 0 Å². The van der Waals surface area contributed by atoms with Gasteiger partial charge in [-0.25, -0.2) is 8.42 Å². The first-order valence-corrected chi connectivity index (χ1v) is 12.7. The number of benzene rings is 2. The second-order valence-corrected chi connectivity index (χ2v) is 10.7. The molecule has 32 heavy (non-hydrogen) atoms. The van der Waals surface area contributed by atoms with E-state index in [0.29, 0.717) is 24.6 Å². The normalized spacial score (nSPS) is 17.2. The molecule has 2 amide bonds. The molecule has 10 heteroatoms. The molecule has 2 aliphatic heterocycles. The van der Waals surface area contributed by atoms with Crippen molar-refractivity contribution in [1.82, 2.24) is 4.31 Å². The molecule has 2 aromatic carbocycles. The van der Waals surface area contributed by atoms with Crippen molar-refractivity contribution in [3.8, 4) is 0 Å². The van der Waals surface area contributed by atoms with Gasteiger partial charge in [0.1, 0.15) is 6.54 Å². The van der Waals surface area contributed by atoms with E-state index < -0.39 is 10.0 Å².